The van der Waals surface area contributed by atoms with Crippen LogP contribution >= 0.6 is 11.6 Å². The number of hydrogen-bond donors (Lipinski definition) is 1. The van der Waals surface area contributed by atoms with Crippen LogP contribution in [0.5, 0.6) is 0 Å². The van der Waals surface area contributed by atoms with Gasteiger partial charge in [0.15, 0.2) is 11.0 Å². The third kappa shape index (κ3) is 2.15. The van der Waals surface area contributed by atoms with Crippen molar-refractivity contribution in [3.8, 4) is 0 Å². The highest BCUT2D eigenvalue weighted by Crippen LogP contribution is 2.29. The Morgan fingerprint density at radius 2 is 2.11 bits per heavy atom. The fourth-order valence-corrected chi connectivity index (χ4v) is 2.75. The molecule has 2 unspecified atom stereocenters. The number of rotatable bonds is 1. The van der Waals surface area contributed by atoms with E-state index in [9.17, 15) is 9.18 Å². The van der Waals surface area contributed by atoms with E-state index in [-0.39, 0.29) is 34.5 Å². The summed E-state index contributed by atoms with van der Waals surface area (Å²) in [5, 5.41) is -0.323. The lowest BCUT2D eigenvalue weighted by molar-refractivity contribution is -0.0303. The fraction of sp³-hybridized carbons (Fsp3) is 0.500. The van der Waals surface area contributed by atoms with Crippen LogP contribution in [0.4, 0.5) is 10.1 Å². The molecule has 2 N–H and O–H groups in total. The molecule has 1 amide bonds. The standard InChI is InChI=1S/C12H13ClFN3O2/c13-11-9(14)10(15)8(3-16-11)12(18)17-4-6-1-2-7(5-17)19-6/h3,6-7H,1-2,4-5H2,(H2,15,16). The summed E-state index contributed by atoms with van der Waals surface area (Å²) < 4.78 is 19.2. The van der Waals surface area contributed by atoms with E-state index in [1.54, 1.807) is 4.90 Å². The Morgan fingerprint density at radius 1 is 1.47 bits per heavy atom. The smallest absolute Gasteiger partial charge is 0.257 e. The van der Waals surface area contributed by atoms with Crippen LogP contribution in [0, 0.1) is 5.82 Å². The van der Waals surface area contributed by atoms with Gasteiger partial charge in [-0.1, -0.05) is 11.6 Å². The van der Waals surface area contributed by atoms with E-state index in [0.29, 0.717) is 13.1 Å². The summed E-state index contributed by atoms with van der Waals surface area (Å²) in [6.45, 7) is 1.03. The van der Waals surface area contributed by atoms with E-state index in [1.807, 2.05) is 0 Å². The molecule has 3 heterocycles. The van der Waals surface area contributed by atoms with Gasteiger partial charge in [-0.05, 0) is 12.8 Å². The molecule has 2 atom stereocenters. The molecule has 2 bridgehead atoms. The van der Waals surface area contributed by atoms with Crippen LogP contribution in [0.3, 0.4) is 0 Å². The third-order valence-corrected chi connectivity index (χ3v) is 3.84. The highest BCUT2D eigenvalue weighted by Gasteiger charge is 2.36. The first kappa shape index (κ1) is 12.6. The average molecular weight is 286 g/mol. The van der Waals surface area contributed by atoms with Crippen molar-refractivity contribution in [1.82, 2.24) is 9.88 Å². The number of carbonyl (C=O) groups is 1. The van der Waals surface area contributed by atoms with Gasteiger partial charge in [-0.3, -0.25) is 4.79 Å². The van der Waals surface area contributed by atoms with Gasteiger partial charge in [0.05, 0.1) is 23.5 Å². The number of nitrogen functional groups attached to an aromatic ring is 1. The van der Waals surface area contributed by atoms with Crippen LogP contribution in [-0.4, -0.2) is 41.1 Å². The molecule has 0 saturated carbocycles. The van der Waals surface area contributed by atoms with Gasteiger partial charge in [-0.25, -0.2) is 9.37 Å². The van der Waals surface area contributed by atoms with Gasteiger partial charge in [0.1, 0.15) is 0 Å². The fourth-order valence-electron chi connectivity index (χ4n) is 2.60. The molecule has 7 heteroatoms. The molecule has 0 aliphatic carbocycles. The van der Waals surface area contributed by atoms with Gasteiger partial charge in [-0.15, -0.1) is 0 Å². The molecule has 5 nitrogen and oxygen atoms in total. The third-order valence-electron chi connectivity index (χ3n) is 3.58. The SMILES string of the molecule is Nc1c(C(=O)N2CC3CCC(C2)O3)cnc(Cl)c1F. The quantitative estimate of drug-likeness (QED) is 0.793. The summed E-state index contributed by atoms with van der Waals surface area (Å²) in [7, 11) is 0. The molecule has 19 heavy (non-hydrogen) atoms. The van der Waals surface area contributed by atoms with Crippen molar-refractivity contribution in [2.75, 3.05) is 18.8 Å². The van der Waals surface area contributed by atoms with Crippen molar-refractivity contribution >= 4 is 23.2 Å². The number of anilines is 1. The molecule has 0 aromatic carbocycles. The van der Waals surface area contributed by atoms with E-state index >= 15 is 0 Å². The maximum absolute atomic E-state index is 13.6. The molecule has 0 spiro atoms. The van der Waals surface area contributed by atoms with Gasteiger partial charge in [0, 0.05) is 19.3 Å². The first-order valence-electron chi connectivity index (χ1n) is 6.10. The normalized spacial score (nSPS) is 25.7. The molecular weight excluding hydrogens is 273 g/mol. The summed E-state index contributed by atoms with van der Waals surface area (Å²) >= 11 is 5.52. The van der Waals surface area contributed by atoms with E-state index in [2.05, 4.69) is 4.98 Å². The Morgan fingerprint density at radius 3 is 2.74 bits per heavy atom. The molecule has 2 fully saturated rings. The number of morpholine rings is 1. The Labute approximate surface area is 114 Å². The number of pyridine rings is 1. The summed E-state index contributed by atoms with van der Waals surface area (Å²) in [5.74, 6) is -1.16. The summed E-state index contributed by atoms with van der Waals surface area (Å²) in [5.41, 5.74) is 5.41. The van der Waals surface area contributed by atoms with Gasteiger partial charge >= 0.3 is 0 Å². The molecule has 1 aromatic rings. The first-order chi connectivity index (χ1) is 9.06. The van der Waals surface area contributed by atoms with E-state index in [0.717, 1.165) is 12.8 Å². The van der Waals surface area contributed by atoms with Crippen LogP contribution in [0.25, 0.3) is 0 Å². The lowest BCUT2D eigenvalue weighted by atomic mass is 10.2. The highest BCUT2D eigenvalue weighted by atomic mass is 35.5. The molecule has 2 saturated heterocycles. The Balaban J connectivity index is 1.86. The number of likely N-dealkylation sites (tertiary alicyclic amines) is 1. The lowest BCUT2D eigenvalue weighted by Crippen LogP contribution is -2.46. The monoisotopic (exact) mass is 285 g/mol. The van der Waals surface area contributed by atoms with Crippen molar-refractivity contribution in [3.63, 3.8) is 0 Å². The van der Waals surface area contributed by atoms with Crippen LogP contribution in [0.1, 0.15) is 23.2 Å². The van der Waals surface area contributed by atoms with E-state index in [4.69, 9.17) is 22.1 Å². The Bertz CT molecular complexity index is 528. The van der Waals surface area contributed by atoms with Gasteiger partial charge in [0.25, 0.3) is 5.91 Å². The van der Waals surface area contributed by atoms with Gasteiger partial charge in [-0.2, -0.15) is 0 Å². The van der Waals surface area contributed by atoms with Crippen molar-refractivity contribution in [1.29, 1.82) is 0 Å². The second kappa shape index (κ2) is 4.61. The summed E-state index contributed by atoms with van der Waals surface area (Å²) in [6, 6.07) is 0. The number of aromatic nitrogens is 1. The van der Waals surface area contributed by atoms with Crippen LogP contribution in [0.15, 0.2) is 6.20 Å². The molecule has 2 aliphatic heterocycles. The zero-order valence-electron chi connectivity index (χ0n) is 10.1. The predicted molar refractivity (Wildman–Crippen MR) is 67.4 cm³/mol. The zero-order valence-corrected chi connectivity index (χ0v) is 10.9. The second-order valence-electron chi connectivity index (χ2n) is 4.86. The number of fused-ring (bicyclic) bond motifs is 2. The molecular formula is C12H13ClFN3O2. The Kier molecular flexibility index (Phi) is 3.06. The first-order valence-corrected chi connectivity index (χ1v) is 6.48. The average Bonchev–Trinajstić information content (AvgIpc) is 2.74. The molecule has 2 aliphatic rings. The van der Waals surface area contributed by atoms with Crippen LogP contribution in [-0.2, 0) is 4.74 Å². The van der Waals surface area contributed by atoms with Gasteiger partial charge < -0.3 is 15.4 Å². The topological polar surface area (TPSA) is 68.5 Å². The minimum absolute atomic E-state index is 0.0585. The van der Waals surface area contributed by atoms with Crippen LogP contribution in [0.2, 0.25) is 5.15 Å². The number of halogens is 2. The molecule has 1 aromatic heterocycles. The number of ether oxygens (including phenoxy) is 1. The number of hydrogen-bond acceptors (Lipinski definition) is 4. The summed E-state index contributed by atoms with van der Waals surface area (Å²) in [4.78, 5) is 17.6. The zero-order chi connectivity index (χ0) is 13.6. The van der Waals surface area contributed by atoms with Crippen LogP contribution < -0.4 is 5.73 Å². The summed E-state index contributed by atoms with van der Waals surface area (Å²) in [6.07, 6.45) is 3.29. The maximum atomic E-state index is 13.6. The maximum Gasteiger partial charge on any atom is 0.257 e. The molecule has 3 rings (SSSR count). The number of amides is 1. The van der Waals surface area contributed by atoms with Crippen molar-refractivity contribution in [3.05, 3.63) is 22.7 Å². The largest absolute Gasteiger partial charge is 0.396 e. The lowest BCUT2D eigenvalue weighted by Gasteiger charge is -2.32. The van der Waals surface area contributed by atoms with Crippen molar-refractivity contribution < 1.29 is 13.9 Å². The predicted octanol–water partition coefficient (Wildman–Crippen LogP) is 1.46. The number of nitrogens with two attached hydrogens (primary N) is 1. The van der Waals surface area contributed by atoms with E-state index < -0.39 is 5.82 Å². The minimum atomic E-state index is -0.844. The molecule has 0 radical (unpaired) electrons. The molecule has 102 valence electrons. The Hall–Kier alpha value is -1.40. The number of nitrogens with zero attached hydrogens (tertiary/aromatic N) is 2. The van der Waals surface area contributed by atoms with Crippen molar-refractivity contribution in [2.45, 2.75) is 25.0 Å². The van der Waals surface area contributed by atoms with Crippen molar-refractivity contribution in [2.24, 2.45) is 0 Å². The number of carbonyl (C=O) groups excluding carboxylic acids is 1. The van der Waals surface area contributed by atoms with Gasteiger partial charge in [0.2, 0.25) is 0 Å². The highest BCUT2D eigenvalue weighted by molar-refractivity contribution is 6.30. The van der Waals surface area contributed by atoms with E-state index in [1.165, 1.54) is 6.20 Å². The minimum Gasteiger partial charge on any atom is -0.396 e. The second-order valence-corrected chi connectivity index (χ2v) is 5.22.